The van der Waals surface area contributed by atoms with Crippen LogP contribution in [-0.4, -0.2) is 146 Å². The van der Waals surface area contributed by atoms with Crippen molar-refractivity contribution in [2.75, 3.05) is 103 Å². The number of hydrazine groups is 2. The maximum atomic E-state index is 12.9. The van der Waals surface area contributed by atoms with Gasteiger partial charge in [-0.05, 0) is 126 Å². The summed E-state index contributed by atoms with van der Waals surface area (Å²) < 4.78 is 0. The van der Waals surface area contributed by atoms with Gasteiger partial charge in [-0.2, -0.15) is 10.2 Å². The van der Waals surface area contributed by atoms with Crippen LogP contribution in [0.1, 0.15) is 51.2 Å². The molecule has 4 aromatic carbocycles. The number of anilines is 4. The maximum absolute atomic E-state index is 12.9. The Kier molecular flexibility index (Phi) is 18.3. The van der Waals surface area contributed by atoms with Crippen LogP contribution in [0.5, 0.6) is 0 Å². The largest absolute Gasteiger partial charge is 0.308 e. The van der Waals surface area contributed by atoms with Crippen molar-refractivity contribution in [2.24, 2.45) is 0 Å². The van der Waals surface area contributed by atoms with Crippen LogP contribution in [0.4, 0.5) is 23.0 Å². The fourth-order valence-electron chi connectivity index (χ4n) is 7.31. The Morgan fingerprint density at radius 2 is 0.904 bits per heavy atom. The third kappa shape index (κ3) is 15.0. The molecule has 0 aliphatic rings. The number of carbonyl (C=O) groups excluding carboxylic acids is 4. The van der Waals surface area contributed by atoms with E-state index in [0.29, 0.717) is 58.0 Å². The summed E-state index contributed by atoms with van der Waals surface area (Å²) in [5, 5.41) is 25.3. The third-order valence-electron chi connectivity index (χ3n) is 11.5. The number of benzene rings is 4. The lowest BCUT2D eigenvalue weighted by Crippen LogP contribution is -2.38. The van der Waals surface area contributed by atoms with Crippen molar-refractivity contribution >= 4 is 101 Å². The molecule has 382 valence electrons. The van der Waals surface area contributed by atoms with Gasteiger partial charge in [0.2, 0.25) is 0 Å². The number of nitrogens with zero attached hydrogens (tertiary/aromatic N) is 8. The molecule has 0 saturated heterocycles. The highest BCUT2D eigenvalue weighted by molar-refractivity contribution is 7.20. The smallest absolute Gasteiger partial charge is 0.279 e. The molecule has 8 rings (SSSR count). The molecule has 21 heteroatoms. The van der Waals surface area contributed by atoms with Crippen LogP contribution in [0.25, 0.3) is 20.4 Å². The lowest BCUT2D eigenvalue weighted by molar-refractivity contribution is 0.0947. The summed E-state index contributed by atoms with van der Waals surface area (Å²) in [5.41, 5.74) is 10.7. The van der Waals surface area contributed by atoms with Crippen LogP contribution in [0.2, 0.25) is 5.02 Å². The van der Waals surface area contributed by atoms with E-state index >= 15 is 0 Å². The Bertz CT molecular complexity index is 3100. The molecule has 4 amide bonds. The standard InChI is InChI=1S/C26H30ClN7O2S.C26H31N7O2S/c1-32(2)13-14-33(3)16-17-5-7-18(8-6-17)24(35)28-23-21-15-22(37-26(21)30-29-23)25(36)31-34(4)20-11-9-19(27)10-12-20;1-31(2)14-15-32(3)17-18-10-12-19(13-11-18)24(34)27-23-21-16-22(36-26(21)29-28-23)25(35)30-33(4)20-8-6-5-7-9-20/h5-12,15H,13-14,16H2,1-4H3,(H,31,36)(H2,28,29,30,35);5-13,16H,14-15,17H2,1-4H3,(H,30,35)(H2,27,28,29,34). The minimum atomic E-state index is -0.274. The zero-order valence-electron chi connectivity index (χ0n) is 42.1. The van der Waals surface area contributed by atoms with Crippen LogP contribution in [-0.2, 0) is 13.1 Å². The van der Waals surface area contributed by atoms with Crippen LogP contribution in [0, 0.1) is 0 Å². The van der Waals surface area contributed by atoms with Crippen molar-refractivity contribution in [1.82, 2.24) is 50.8 Å². The monoisotopic (exact) mass is 1040 g/mol. The fourth-order valence-corrected chi connectivity index (χ4v) is 9.21. The summed E-state index contributed by atoms with van der Waals surface area (Å²) in [6.45, 7) is 5.53. The van der Waals surface area contributed by atoms with Gasteiger partial charge in [-0.1, -0.05) is 54.1 Å². The van der Waals surface area contributed by atoms with Gasteiger partial charge in [0.05, 0.1) is 31.9 Å². The van der Waals surface area contributed by atoms with Crippen molar-refractivity contribution in [3.05, 3.63) is 152 Å². The normalized spacial score (nSPS) is 11.3. The molecule has 8 aromatic rings. The first kappa shape index (κ1) is 53.6. The number of thiophene rings is 2. The molecule has 0 spiro atoms. The predicted octanol–water partition coefficient (Wildman–Crippen LogP) is 7.96. The zero-order chi connectivity index (χ0) is 52.2. The number of hydrogen-bond acceptors (Lipinski definition) is 14. The van der Waals surface area contributed by atoms with Gasteiger partial charge in [0.15, 0.2) is 0 Å². The van der Waals surface area contributed by atoms with Crippen LogP contribution >= 0.6 is 34.3 Å². The van der Waals surface area contributed by atoms with E-state index in [1.165, 1.54) is 22.7 Å². The number of carbonyl (C=O) groups is 4. The van der Waals surface area contributed by atoms with E-state index in [0.717, 1.165) is 61.8 Å². The van der Waals surface area contributed by atoms with Crippen molar-refractivity contribution in [3.63, 3.8) is 0 Å². The van der Waals surface area contributed by atoms with Crippen LogP contribution in [0.3, 0.4) is 0 Å². The van der Waals surface area contributed by atoms with Gasteiger partial charge in [-0.15, -0.1) is 22.7 Å². The molecule has 0 saturated carbocycles. The number of aromatic nitrogens is 4. The van der Waals surface area contributed by atoms with E-state index in [2.05, 4.69) is 104 Å². The first-order valence-corrected chi connectivity index (χ1v) is 25.3. The van der Waals surface area contributed by atoms with Crippen molar-refractivity contribution in [3.8, 4) is 0 Å². The summed E-state index contributed by atoms with van der Waals surface area (Å²) in [4.78, 5) is 62.3. The SMILES string of the molecule is CN(C)CCN(C)Cc1ccc(C(=O)Nc2[nH]nc3sc(C(=O)NN(C)c4ccc(Cl)cc4)cc23)cc1.CN(C)CCN(C)Cc1ccc(C(=O)Nc2[nH]nc3sc(C(=O)NN(C)c4ccccc4)cc23)cc1. The maximum Gasteiger partial charge on any atom is 0.279 e. The van der Waals surface area contributed by atoms with Crippen molar-refractivity contribution < 1.29 is 19.2 Å². The molecule has 0 bridgehead atoms. The highest BCUT2D eigenvalue weighted by Gasteiger charge is 2.20. The summed E-state index contributed by atoms with van der Waals surface area (Å²) in [6.07, 6.45) is 0. The van der Waals surface area contributed by atoms with Gasteiger partial charge in [-0.3, -0.25) is 50.2 Å². The molecule has 0 unspecified atom stereocenters. The lowest BCUT2D eigenvalue weighted by atomic mass is 10.1. The molecule has 0 aliphatic heterocycles. The quantitative estimate of drug-likeness (QED) is 0.0405. The molecule has 4 aromatic heterocycles. The topological polar surface area (TPSA) is 193 Å². The number of aromatic amines is 2. The summed E-state index contributed by atoms with van der Waals surface area (Å²) in [5.74, 6) is -0.0912. The van der Waals surface area contributed by atoms with Gasteiger partial charge in [0, 0.05) is 69.5 Å². The Morgan fingerprint density at radius 1 is 0.507 bits per heavy atom. The van der Waals surface area contributed by atoms with E-state index in [1.807, 2.05) is 91.0 Å². The number of para-hydroxylation sites is 1. The number of nitrogens with one attached hydrogen (secondary N) is 6. The number of likely N-dealkylation sites (N-methyl/N-ethyl adjacent to an activating group) is 4. The van der Waals surface area contributed by atoms with E-state index in [9.17, 15) is 19.2 Å². The zero-order valence-corrected chi connectivity index (χ0v) is 44.5. The number of fused-ring (bicyclic) bond motifs is 2. The van der Waals surface area contributed by atoms with E-state index < -0.39 is 0 Å². The van der Waals surface area contributed by atoms with E-state index in [1.54, 1.807) is 48.4 Å². The van der Waals surface area contributed by atoms with Gasteiger partial charge in [0.25, 0.3) is 23.6 Å². The van der Waals surface area contributed by atoms with E-state index in [4.69, 9.17) is 11.6 Å². The van der Waals surface area contributed by atoms with Crippen molar-refractivity contribution in [2.45, 2.75) is 13.1 Å². The lowest BCUT2D eigenvalue weighted by Gasteiger charge is -2.19. The number of H-pyrrole nitrogens is 2. The highest BCUT2D eigenvalue weighted by atomic mass is 35.5. The Morgan fingerprint density at radius 3 is 1.30 bits per heavy atom. The molecule has 73 heavy (non-hydrogen) atoms. The van der Waals surface area contributed by atoms with Gasteiger partial charge >= 0.3 is 0 Å². The average Bonchev–Trinajstić information content (AvgIpc) is 4.17. The Hall–Kier alpha value is -7.17. The van der Waals surface area contributed by atoms with E-state index in [-0.39, 0.29) is 23.6 Å². The first-order chi connectivity index (χ1) is 35.0. The molecule has 4 heterocycles. The molecule has 18 nitrogen and oxygen atoms in total. The Balaban J connectivity index is 0.000000214. The first-order valence-electron chi connectivity index (χ1n) is 23.3. The minimum absolute atomic E-state index is 0.242. The summed E-state index contributed by atoms with van der Waals surface area (Å²) in [7, 11) is 15.9. The second-order valence-electron chi connectivity index (χ2n) is 18.1. The highest BCUT2D eigenvalue weighted by Crippen LogP contribution is 2.31. The fraction of sp³-hybridized carbons (Fsp3) is 0.269. The molecular weight excluding hydrogens is 984 g/mol. The Labute approximate surface area is 437 Å². The van der Waals surface area contributed by atoms with Gasteiger partial charge < -0.3 is 30.2 Å². The summed E-state index contributed by atoms with van der Waals surface area (Å²) >= 11 is 8.44. The average molecular weight is 1050 g/mol. The number of halogens is 1. The number of rotatable bonds is 20. The second-order valence-corrected chi connectivity index (χ2v) is 20.5. The molecule has 0 fully saturated rings. The third-order valence-corrected chi connectivity index (χ3v) is 13.8. The minimum Gasteiger partial charge on any atom is -0.308 e. The molecule has 0 aliphatic carbocycles. The van der Waals surface area contributed by atoms with Crippen molar-refractivity contribution in [1.29, 1.82) is 0 Å². The van der Waals surface area contributed by atoms with Gasteiger partial charge in [-0.25, -0.2) is 0 Å². The van der Waals surface area contributed by atoms with Gasteiger partial charge in [0.1, 0.15) is 21.3 Å². The summed E-state index contributed by atoms with van der Waals surface area (Å²) in [6, 6.07) is 35.3. The second kappa shape index (κ2) is 25.0. The molecule has 0 radical (unpaired) electrons. The van der Waals surface area contributed by atoms with Crippen LogP contribution in [0.15, 0.2) is 115 Å². The van der Waals surface area contributed by atoms with Crippen LogP contribution < -0.4 is 31.5 Å². The number of amides is 4. The number of hydrogen-bond donors (Lipinski definition) is 6. The molecule has 6 N–H and O–H groups in total. The molecular formula is C52H61ClN14O4S2. The molecule has 0 atom stereocenters. The predicted molar refractivity (Wildman–Crippen MR) is 296 cm³/mol.